The molecule has 21 heavy (non-hydrogen) atoms. The molecule has 0 saturated heterocycles. The van der Waals surface area contributed by atoms with Crippen LogP contribution >= 0.6 is 11.5 Å². The summed E-state index contributed by atoms with van der Waals surface area (Å²) in [6.45, 7) is 4.46. The molecule has 1 unspecified atom stereocenters. The second-order valence-corrected chi connectivity index (χ2v) is 6.05. The molecule has 0 saturated carbocycles. The third-order valence-electron chi connectivity index (χ3n) is 3.57. The number of hydrogen-bond donors (Lipinski definition) is 2. The topological polar surface area (TPSA) is 63.8 Å². The molecule has 2 rings (SSSR count). The van der Waals surface area contributed by atoms with Crippen molar-refractivity contribution in [3.05, 3.63) is 24.5 Å². The van der Waals surface area contributed by atoms with Gasteiger partial charge in [0.05, 0.1) is 5.56 Å². The van der Waals surface area contributed by atoms with Crippen LogP contribution in [0.5, 0.6) is 0 Å². The third kappa shape index (κ3) is 4.17. The molecule has 0 aliphatic heterocycles. The molecule has 5 heteroatoms. The third-order valence-corrected chi connectivity index (χ3v) is 4.36. The van der Waals surface area contributed by atoms with E-state index in [0.29, 0.717) is 11.9 Å². The summed E-state index contributed by atoms with van der Waals surface area (Å²) in [6, 6.07) is 4.45. The van der Waals surface area contributed by atoms with E-state index in [4.69, 9.17) is 5.73 Å². The highest BCUT2D eigenvalue weighted by Crippen LogP contribution is 2.37. The molecule has 4 nitrogen and oxygen atoms in total. The molecule has 0 fully saturated rings. The van der Waals surface area contributed by atoms with Crippen LogP contribution in [0, 0.1) is 0 Å². The van der Waals surface area contributed by atoms with E-state index in [1.807, 2.05) is 12.1 Å². The van der Waals surface area contributed by atoms with Gasteiger partial charge in [0.15, 0.2) is 0 Å². The van der Waals surface area contributed by atoms with Gasteiger partial charge in [-0.3, -0.25) is 4.98 Å². The maximum atomic E-state index is 6.06. The zero-order valence-electron chi connectivity index (χ0n) is 12.8. The number of aromatic nitrogens is 2. The van der Waals surface area contributed by atoms with Crippen LogP contribution in [0.4, 0.5) is 10.8 Å². The van der Waals surface area contributed by atoms with Gasteiger partial charge in [-0.25, -0.2) is 0 Å². The lowest BCUT2D eigenvalue weighted by Gasteiger charge is -2.18. The molecule has 0 aliphatic carbocycles. The fourth-order valence-corrected chi connectivity index (χ4v) is 3.29. The minimum absolute atomic E-state index is 0.496. The summed E-state index contributed by atoms with van der Waals surface area (Å²) in [7, 11) is 0. The zero-order chi connectivity index (χ0) is 15.1. The highest BCUT2D eigenvalue weighted by molar-refractivity contribution is 7.11. The number of pyridine rings is 1. The van der Waals surface area contributed by atoms with Crippen LogP contribution < -0.4 is 11.1 Å². The van der Waals surface area contributed by atoms with Crippen molar-refractivity contribution in [1.82, 2.24) is 9.36 Å². The number of rotatable bonds is 8. The number of nitrogens with zero attached hydrogens (tertiary/aromatic N) is 2. The summed E-state index contributed by atoms with van der Waals surface area (Å²) in [5.74, 6) is 0.597. The van der Waals surface area contributed by atoms with Gasteiger partial charge in [-0.2, -0.15) is 4.37 Å². The van der Waals surface area contributed by atoms with Gasteiger partial charge in [-0.1, -0.05) is 33.1 Å². The van der Waals surface area contributed by atoms with Crippen LogP contribution in [-0.4, -0.2) is 15.4 Å². The first-order valence-electron chi connectivity index (χ1n) is 7.68. The van der Waals surface area contributed by atoms with Gasteiger partial charge >= 0.3 is 0 Å². The van der Waals surface area contributed by atoms with E-state index in [2.05, 4.69) is 28.5 Å². The molecule has 1 atom stereocenters. The number of anilines is 2. The van der Waals surface area contributed by atoms with Crippen molar-refractivity contribution in [3.63, 3.8) is 0 Å². The first-order valence-corrected chi connectivity index (χ1v) is 8.45. The summed E-state index contributed by atoms with van der Waals surface area (Å²) in [4.78, 5) is 4.07. The Morgan fingerprint density at radius 1 is 1.19 bits per heavy atom. The van der Waals surface area contributed by atoms with Gasteiger partial charge in [-0.05, 0) is 42.1 Å². The second kappa shape index (κ2) is 7.98. The lowest BCUT2D eigenvalue weighted by molar-refractivity contribution is 0.565. The fourth-order valence-electron chi connectivity index (χ4n) is 2.47. The Labute approximate surface area is 131 Å². The standard InChI is InChI=1S/C16H24N4S/c1-3-5-7-13(6-4-2)19-16-14(15(17)20-21-16)12-8-10-18-11-9-12/h8-11,13,19H,3-7H2,1-2H3,(H2,17,20). The summed E-state index contributed by atoms with van der Waals surface area (Å²) in [6.07, 6.45) is 9.60. The Morgan fingerprint density at radius 3 is 2.62 bits per heavy atom. The van der Waals surface area contributed by atoms with Crippen LogP contribution in [0.1, 0.15) is 46.0 Å². The Bertz CT molecular complexity index is 538. The highest BCUT2D eigenvalue weighted by atomic mass is 32.1. The number of unbranched alkanes of at least 4 members (excludes halogenated alkanes) is 1. The van der Waals surface area contributed by atoms with E-state index in [0.717, 1.165) is 16.1 Å². The van der Waals surface area contributed by atoms with Gasteiger partial charge in [-0.15, -0.1) is 0 Å². The van der Waals surface area contributed by atoms with E-state index >= 15 is 0 Å². The summed E-state index contributed by atoms with van der Waals surface area (Å²) in [5.41, 5.74) is 8.15. The van der Waals surface area contributed by atoms with E-state index in [1.165, 1.54) is 43.6 Å². The molecular formula is C16H24N4S. The first kappa shape index (κ1) is 15.8. The fraction of sp³-hybridized carbons (Fsp3) is 0.500. The molecule has 0 aromatic carbocycles. The van der Waals surface area contributed by atoms with Gasteiger partial charge in [0.25, 0.3) is 0 Å². The summed E-state index contributed by atoms with van der Waals surface area (Å²) in [5, 5.41) is 4.74. The molecule has 3 N–H and O–H groups in total. The molecule has 0 bridgehead atoms. The van der Waals surface area contributed by atoms with E-state index < -0.39 is 0 Å². The van der Waals surface area contributed by atoms with Crippen molar-refractivity contribution in [2.24, 2.45) is 0 Å². The molecule has 2 heterocycles. The lowest BCUT2D eigenvalue weighted by Crippen LogP contribution is -2.18. The average molecular weight is 304 g/mol. The largest absolute Gasteiger partial charge is 0.382 e. The van der Waals surface area contributed by atoms with E-state index in [-0.39, 0.29) is 0 Å². The molecule has 0 amide bonds. The van der Waals surface area contributed by atoms with Crippen molar-refractivity contribution < 1.29 is 0 Å². The van der Waals surface area contributed by atoms with E-state index in [1.54, 1.807) is 12.4 Å². The Morgan fingerprint density at radius 2 is 1.95 bits per heavy atom. The number of nitrogens with one attached hydrogen (secondary N) is 1. The first-order chi connectivity index (χ1) is 10.3. The normalized spacial score (nSPS) is 12.3. The minimum atomic E-state index is 0.496. The Kier molecular flexibility index (Phi) is 5.99. The highest BCUT2D eigenvalue weighted by Gasteiger charge is 2.16. The maximum Gasteiger partial charge on any atom is 0.147 e. The second-order valence-electron chi connectivity index (χ2n) is 5.28. The molecule has 2 aromatic rings. The zero-order valence-corrected chi connectivity index (χ0v) is 13.6. The molecule has 2 aromatic heterocycles. The monoisotopic (exact) mass is 304 g/mol. The number of nitrogen functional groups attached to an aromatic ring is 1. The van der Waals surface area contributed by atoms with Crippen LogP contribution in [-0.2, 0) is 0 Å². The summed E-state index contributed by atoms with van der Waals surface area (Å²) >= 11 is 1.45. The van der Waals surface area contributed by atoms with Gasteiger partial charge in [0.2, 0.25) is 0 Å². The number of nitrogens with two attached hydrogens (primary N) is 1. The van der Waals surface area contributed by atoms with Gasteiger partial charge in [0, 0.05) is 18.4 Å². The maximum absolute atomic E-state index is 6.06. The van der Waals surface area contributed by atoms with E-state index in [9.17, 15) is 0 Å². The molecule has 0 radical (unpaired) electrons. The van der Waals surface area contributed by atoms with Crippen LogP contribution in [0.25, 0.3) is 11.1 Å². The van der Waals surface area contributed by atoms with Crippen LogP contribution in [0.2, 0.25) is 0 Å². The van der Waals surface area contributed by atoms with Crippen molar-refractivity contribution in [2.45, 2.75) is 52.0 Å². The Hall–Kier alpha value is -1.62. The van der Waals surface area contributed by atoms with Crippen molar-refractivity contribution in [3.8, 4) is 11.1 Å². The minimum Gasteiger partial charge on any atom is -0.382 e. The van der Waals surface area contributed by atoms with Crippen LogP contribution in [0.15, 0.2) is 24.5 Å². The number of hydrogen-bond acceptors (Lipinski definition) is 5. The molecular weight excluding hydrogens is 280 g/mol. The quantitative estimate of drug-likeness (QED) is 0.750. The predicted octanol–water partition coefficient (Wildman–Crippen LogP) is 4.56. The summed E-state index contributed by atoms with van der Waals surface area (Å²) < 4.78 is 4.32. The predicted molar refractivity (Wildman–Crippen MR) is 91.6 cm³/mol. The SMILES string of the molecule is CCCCC(CCC)Nc1snc(N)c1-c1ccncc1. The molecule has 0 spiro atoms. The molecule has 0 aliphatic rings. The average Bonchev–Trinajstić information content (AvgIpc) is 2.86. The lowest BCUT2D eigenvalue weighted by atomic mass is 10.0. The van der Waals surface area contributed by atoms with Gasteiger partial charge in [0.1, 0.15) is 10.8 Å². The Balaban J connectivity index is 2.20. The van der Waals surface area contributed by atoms with Gasteiger partial charge < -0.3 is 11.1 Å². The smallest absolute Gasteiger partial charge is 0.147 e. The van der Waals surface area contributed by atoms with Crippen molar-refractivity contribution >= 4 is 22.4 Å². The van der Waals surface area contributed by atoms with Crippen LogP contribution in [0.3, 0.4) is 0 Å². The van der Waals surface area contributed by atoms with Crippen molar-refractivity contribution in [2.75, 3.05) is 11.1 Å². The van der Waals surface area contributed by atoms with Crippen molar-refractivity contribution in [1.29, 1.82) is 0 Å². The molecule has 114 valence electrons.